The number of likely N-dealkylation sites (tertiary alicyclic amines) is 1. The highest BCUT2D eigenvalue weighted by Crippen LogP contribution is 2.21. The molecule has 6 nitrogen and oxygen atoms in total. The number of rotatable bonds is 4. The molecule has 1 aromatic carbocycles. The van der Waals surface area contributed by atoms with Gasteiger partial charge in [-0.3, -0.25) is 9.59 Å². The van der Waals surface area contributed by atoms with Gasteiger partial charge in [-0.2, -0.15) is 0 Å². The van der Waals surface area contributed by atoms with Crippen LogP contribution in [-0.2, 0) is 14.3 Å². The number of carbonyl (C=O) groups excluding carboxylic acids is 3. The molecule has 0 spiro atoms. The van der Waals surface area contributed by atoms with E-state index in [0.29, 0.717) is 24.2 Å². The molecule has 1 N–H and O–H groups in total. The summed E-state index contributed by atoms with van der Waals surface area (Å²) < 4.78 is 4.74. The lowest BCUT2D eigenvalue weighted by Gasteiger charge is -2.22. The highest BCUT2D eigenvalue weighted by atomic mass is 16.5. The molecule has 22 heavy (non-hydrogen) atoms. The van der Waals surface area contributed by atoms with Crippen LogP contribution in [0.5, 0.6) is 0 Å². The molecule has 6 heteroatoms. The van der Waals surface area contributed by atoms with E-state index in [-0.39, 0.29) is 17.8 Å². The van der Waals surface area contributed by atoms with Gasteiger partial charge < -0.3 is 15.0 Å². The minimum Gasteiger partial charge on any atom is -0.467 e. The standard InChI is InChI=1S/C16H18N2O4/c1-3-14(19)17-12-8-6-11(7-9-12)15(20)18-10-4-5-13(18)16(21)22-2/h3,6-9,13H,1,4-5,10H2,2H3,(H,17,19)/t13-/m1/s1. The lowest BCUT2D eigenvalue weighted by atomic mass is 10.1. The minimum absolute atomic E-state index is 0.213. The number of carbonyl (C=O) groups is 3. The van der Waals surface area contributed by atoms with Crippen LogP contribution in [0.3, 0.4) is 0 Å². The van der Waals surface area contributed by atoms with Gasteiger partial charge in [0.1, 0.15) is 6.04 Å². The van der Waals surface area contributed by atoms with Crippen LogP contribution in [0.1, 0.15) is 23.2 Å². The molecule has 1 heterocycles. The fraction of sp³-hybridized carbons (Fsp3) is 0.312. The molecule has 0 radical (unpaired) electrons. The van der Waals surface area contributed by atoms with Crippen molar-refractivity contribution in [2.75, 3.05) is 19.0 Å². The Hall–Kier alpha value is -2.63. The van der Waals surface area contributed by atoms with Crippen molar-refractivity contribution in [3.63, 3.8) is 0 Å². The average Bonchev–Trinajstić information content (AvgIpc) is 3.03. The molecule has 1 aromatic rings. The monoisotopic (exact) mass is 302 g/mol. The molecule has 0 saturated carbocycles. The molecule has 2 amide bonds. The number of ether oxygens (including phenoxy) is 1. The topological polar surface area (TPSA) is 75.7 Å². The quantitative estimate of drug-likeness (QED) is 0.677. The third-order valence-corrected chi connectivity index (χ3v) is 3.57. The lowest BCUT2D eigenvalue weighted by molar-refractivity contribution is -0.145. The first-order chi connectivity index (χ1) is 10.6. The summed E-state index contributed by atoms with van der Waals surface area (Å²) in [6, 6.07) is 5.99. The van der Waals surface area contributed by atoms with Crippen molar-refractivity contribution in [2.24, 2.45) is 0 Å². The maximum absolute atomic E-state index is 12.5. The normalized spacial score (nSPS) is 17.0. The van der Waals surface area contributed by atoms with Crippen molar-refractivity contribution < 1.29 is 19.1 Å². The van der Waals surface area contributed by atoms with Gasteiger partial charge in [-0.1, -0.05) is 6.58 Å². The first kappa shape index (κ1) is 15.8. The van der Waals surface area contributed by atoms with Crippen LogP contribution < -0.4 is 5.32 Å². The highest BCUT2D eigenvalue weighted by molar-refractivity contribution is 6.00. The maximum atomic E-state index is 12.5. The van der Waals surface area contributed by atoms with Crippen molar-refractivity contribution in [2.45, 2.75) is 18.9 Å². The fourth-order valence-corrected chi connectivity index (χ4v) is 2.45. The molecular weight excluding hydrogens is 284 g/mol. The van der Waals surface area contributed by atoms with Gasteiger partial charge in [-0.05, 0) is 43.2 Å². The number of methoxy groups -OCH3 is 1. The van der Waals surface area contributed by atoms with Crippen molar-refractivity contribution >= 4 is 23.5 Å². The number of amides is 2. The maximum Gasteiger partial charge on any atom is 0.328 e. The zero-order valence-electron chi connectivity index (χ0n) is 12.4. The van der Waals surface area contributed by atoms with Crippen LogP contribution in [0.15, 0.2) is 36.9 Å². The molecule has 1 aliphatic rings. The predicted octanol–water partition coefficient (Wildman–Crippen LogP) is 1.59. The summed E-state index contributed by atoms with van der Waals surface area (Å²) in [5.74, 6) is -0.917. The predicted molar refractivity (Wildman–Crippen MR) is 81.3 cm³/mol. The van der Waals surface area contributed by atoms with Gasteiger partial charge in [0, 0.05) is 17.8 Å². The van der Waals surface area contributed by atoms with Crippen LogP contribution in [-0.4, -0.2) is 42.4 Å². The Bertz CT molecular complexity index is 595. The van der Waals surface area contributed by atoms with Crippen LogP contribution >= 0.6 is 0 Å². The average molecular weight is 302 g/mol. The number of esters is 1. The number of anilines is 1. The van der Waals surface area contributed by atoms with E-state index in [1.54, 1.807) is 24.3 Å². The molecule has 1 fully saturated rings. The molecule has 0 aliphatic carbocycles. The van der Waals surface area contributed by atoms with E-state index >= 15 is 0 Å². The third kappa shape index (κ3) is 3.33. The van der Waals surface area contributed by atoms with Crippen molar-refractivity contribution in [1.82, 2.24) is 4.90 Å². The summed E-state index contributed by atoms with van der Waals surface area (Å²) in [6.45, 7) is 3.91. The molecule has 116 valence electrons. The fourth-order valence-electron chi connectivity index (χ4n) is 2.45. The van der Waals surface area contributed by atoms with Crippen LogP contribution in [0.2, 0.25) is 0 Å². The van der Waals surface area contributed by atoms with Gasteiger partial charge in [0.2, 0.25) is 5.91 Å². The van der Waals surface area contributed by atoms with Crippen LogP contribution in [0, 0.1) is 0 Å². The molecule has 1 aliphatic heterocycles. The Morgan fingerprint density at radius 2 is 2.00 bits per heavy atom. The number of nitrogens with one attached hydrogen (secondary N) is 1. The van der Waals surface area contributed by atoms with E-state index in [0.717, 1.165) is 6.42 Å². The van der Waals surface area contributed by atoms with Gasteiger partial charge in [0.15, 0.2) is 0 Å². The second-order valence-electron chi connectivity index (χ2n) is 4.95. The molecule has 1 saturated heterocycles. The van der Waals surface area contributed by atoms with E-state index in [1.165, 1.54) is 18.1 Å². The van der Waals surface area contributed by atoms with Gasteiger partial charge in [0.05, 0.1) is 7.11 Å². The van der Waals surface area contributed by atoms with Gasteiger partial charge in [0.25, 0.3) is 5.91 Å². The van der Waals surface area contributed by atoms with Crippen molar-refractivity contribution in [3.8, 4) is 0 Å². The summed E-state index contributed by atoms with van der Waals surface area (Å²) >= 11 is 0. The van der Waals surface area contributed by atoms with E-state index in [1.807, 2.05) is 0 Å². The van der Waals surface area contributed by atoms with E-state index in [4.69, 9.17) is 4.74 Å². The molecule has 1 atom stereocenters. The minimum atomic E-state index is -0.516. The third-order valence-electron chi connectivity index (χ3n) is 3.57. The Morgan fingerprint density at radius 1 is 1.32 bits per heavy atom. The van der Waals surface area contributed by atoms with E-state index in [2.05, 4.69) is 11.9 Å². The molecule has 0 aromatic heterocycles. The van der Waals surface area contributed by atoms with Gasteiger partial charge in [-0.25, -0.2) is 4.79 Å². The van der Waals surface area contributed by atoms with E-state index < -0.39 is 6.04 Å². The Morgan fingerprint density at radius 3 is 2.59 bits per heavy atom. The largest absolute Gasteiger partial charge is 0.467 e. The highest BCUT2D eigenvalue weighted by Gasteiger charge is 2.35. The molecule has 2 rings (SSSR count). The number of hydrogen-bond donors (Lipinski definition) is 1. The summed E-state index contributed by atoms with van der Waals surface area (Å²) in [6.07, 6.45) is 2.56. The Balaban J connectivity index is 2.10. The van der Waals surface area contributed by atoms with Crippen LogP contribution in [0.4, 0.5) is 5.69 Å². The number of nitrogens with zero attached hydrogens (tertiary/aromatic N) is 1. The van der Waals surface area contributed by atoms with Crippen molar-refractivity contribution in [1.29, 1.82) is 0 Å². The summed E-state index contributed by atoms with van der Waals surface area (Å²) in [5, 5.41) is 2.61. The second-order valence-corrected chi connectivity index (χ2v) is 4.95. The summed E-state index contributed by atoms with van der Waals surface area (Å²) in [4.78, 5) is 36.9. The van der Waals surface area contributed by atoms with E-state index in [9.17, 15) is 14.4 Å². The Labute approximate surface area is 128 Å². The Kier molecular flexibility index (Phi) is 4.93. The number of hydrogen-bond acceptors (Lipinski definition) is 4. The van der Waals surface area contributed by atoms with Gasteiger partial charge in [-0.15, -0.1) is 0 Å². The second kappa shape index (κ2) is 6.89. The lowest BCUT2D eigenvalue weighted by Crippen LogP contribution is -2.41. The van der Waals surface area contributed by atoms with Crippen molar-refractivity contribution in [3.05, 3.63) is 42.5 Å². The van der Waals surface area contributed by atoms with Crippen LogP contribution in [0.25, 0.3) is 0 Å². The summed E-state index contributed by atoms with van der Waals surface area (Å²) in [7, 11) is 1.32. The molecular formula is C16H18N2O4. The smallest absolute Gasteiger partial charge is 0.328 e. The summed E-state index contributed by atoms with van der Waals surface area (Å²) in [5.41, 5.74) is 1.04. The SMILES string of the molecule is C=CC(=O)Nc1ccc(C(=O)N2CCC[C@@H]2C(=O)OC)cc1. The van der Waals surface area contributed by atoms with Gasteiger partial charge >= 0.3 is 5.97 Å². The zero-order chi connectivity index (χ0) is 16.1. The first-order valence-electron chi connectivity index (χ1n) is 6.99. The molecule has 0 unspecified atom stereocenters. The molecule has 0 bridgehead atoms. The zero-order valence-corrected chi connectivity index (χ0v) is 12.4. The first-order valence-corrected chi connectivity index (χ1v) is 6.99. The number of benzene rings is 1.